The normalized spacial score (nSPS) is 12.6. The van der Waals surface area contributed by atoms with E-state index in [4.69, 9.17) is 11.6 Å². The Kier molecular flexibility index (Phi) is 5.46. The van der Waals surface area contributed by atoms with Crippen LogP contribution in [0.4, 0.5) is 4.39 Å². The number of rotatable bonds is 6. The number of hydrogen-bond acceptors (Lipinski definition) is 4. The highest BCUT2D eigenvalue weighted by Crippen LogP contribution is 2.33. The molecule has 2 aromatic rings. The van der Waals surface area contributed by atoms with Gasteiger partial charge in [-0.15, -0.1) is 10.2 Å². The number of aromatic nitrogens is 2. The van der Waals surface area contributed by atoms with Crippen molar-refractivity contribution < 1.29 is 4.39 Å². The van der Waals surface area contributed by atoms with Crippen LogP contribution in [0.2, 0.25) is 5.02 Å². The Hall–Kier alpha value is -1.04. The standard InChI is InChI=1S/C14H17ClFN3S/c1-3-8-17-11(4-2)14-19-18-13(20-14)9-6-5-7-10(16)12(9)15/h5-7,11,17H,3-4,8H2,1-2H3. The molecule has 0 spiro atoms. The highest BCUT2D eigenvalue weighted by atomic mass is 35.5. The van der Waals surface area contributed by atoms with Gasteiger partial charge in [-0.25, -0.2) is 4.39 Å². The van der Waals surface area contributed by atoms with Gasteiger partial charge in [-0.05, 0) is 25.5 Å². The first kappa shape index (κ1) is 15.4. The van der Waals surface area contributed by atoms with Crippen molar-refractivity contribution >= 4 is 22.9 Å². The summed E-state index contributed by atoms with van der Waals surface area (Å²) in [6.07, 6.45) is 2.00. The summed E-state index contributed by atoms with van der Waals surface area (Å²) in [7, 11) is 0. The maximum atomic E-state index is 13.5. The predicted octanol–water partition coefficient (Wildman–Crippen LogP) is 4.45. The molecular formula is C14H17ClFN3S. The summed E-state index contributed by atoms with van der Waals surface area (Å²) in [5, 5.41) is 13.5. The molecule has 1 aromatic heterocycles. The highest BCUT2D eigenvalue weighted by molar-refractivity contribution is 7.14. The molecule has 108 valence electrons. The molecule has 0 bridgehead atoms. The molecule has 6 heteroatoms. The monoisotopic (exact) mass is 313 g/mol. The summed E-state index contributed by atoms with van der Waals surface area (Å²) in [5.74, 6) is -0.433. The summed E-state index contributed by atoms with van der Waals surface area (Å²) in [5.41, 5.74) is 0.598. The lowest BCUT2D eigenvalue weighted by molar-refractivity contribution is 0.513. The van der Waals surface area contributed by atoms with Gasteiger partial charge in [0.25, 0.3) is 0 Å². The minimum atomic E-state index is -0.433. The van der Waals surface area contributed by atoms with Gasteiger partial charge in [-0.3, -0.25) is 0 Å². The van der Waals surface area contributed by atoms with Gasteiger partial charge in [0.1, 0.15) is 15.8 Å². The number of benzene rings is 1. The second-order valence-electron chi connectivity index (χ2n) is 4.46. The lowest BCUT2D eigenvalue weighted by Crippen LogP contribution is -2.21. The Morgan fingerprint density at radius 1 is 1.35 bits per heavy atom. The zero-order valence-corrected chi connectivity index (χ0v) is 13.1. The third-order valence-electron chi connectivity index (χ3n) is 2.97. The molecule has 0 saturated heterocycles. The minimum absolute atomic E-state index is 0.102. The van der Waals surface area contributed by atoms with E-state index in [1.165, 1.54) is 17.4 Å². The van der Waals surface area contributed by atoms with Gasteiger partial charge in [-0.2, -0.15) is 0 Å². The van der Waals surface area contributed by atoms with Crippen LogP contribution in [0, 0.1) is 5.82 Å². The molecule has 0 fully saturated rings. The number of nitrogens with zero attached hydrogens (tertiary/aromatic N) is 2. The molecule has 0 amide bonds. The molecule has 0 aliphatic carbocycles. The Morgan fingerprint density at radius 2 is 2.15 bits per heavy atom. The molecule has 1 heterocycles. The van der Waals surface area contributed by atoms with Crippen molar-refractivity contribution in [2.75, 3.05) is 6.54 Å². The van der Waals surface area contributed by atoms with Crippen molar-refractivity contribution in [1.82, 2.24) is 15.5 Å². The van der Waals surface area contributed by atoms with Gasteiger partial charge in [0.2, 0.25) is 0 Å². The van der Waals surface area contributed by atoms with Gasteiger partial charge in [0.05, 0.1) is 11.1 Å². The average Bonchev–Trinajstić information content (AvgIpc) is 2.92. The van der Waals surface area contributed by atoms with E-state index < -0.39 is 5.82 Å². The van der Waals surface area contributed by atoms with Crippen molar-refractivity contribution in [2.45, 2.75) is 32.7 Å². The summed E-state index contributed by atoms with van der Waals surface area (Å²) in [4.78, 5) is 0. The Balaban J connectivity index is 2.26. The molecular weight excluding hydrogens is 297 g/mol. The SMILES string of the molecule is CCCNC(CC)c1nnc(-c2cccc(F)c2Cl)s1. The smallest absolute Gasteiger partial charge is 0.149 e. The number of nitrogens with one attached hydrogen (secondary N) is 1. The Morgan fingerprint density at radius 3 is 2.85 bits per heavy atom. The second-order valence-corrected chi connectivity index (χ2v) is 5.85. The van der Waals surface area contributed by atoms with Crippen molar-refractivity contribution in [3.05, 3.63) is 34.0 Å². The zero-order valence-electron chi connectivity index (χ0n) is 11.5. The van der Waals surface area contributed by atoms with Crippen LogP contribution >= 0.6 is 22.9 Å². The zero-order chi connectivity index (χ0) is 14.5. The summed E-state index contributed by atoms with van der Waals surface area (Å²) >= 11 is 7.44. The lowest BCUT2D eigenvalue weighted by atomic mass is 10.2. The van der Waals surface area contributed by atoms with E-state index in [1.54, 1.807) is 12.1 Å². The van der Waals surface area contributed by atoms with E-state index in [-0.39, 0.29) is 11.1 Å². The lowest BCUT2D eigenvalue weighted by Gasteiger charge is -2.12. The quantitative estimate of drug-likeness (QED) is 0.856. The van der Waals surface area contributed by atoms with Crippen molar-refractivity contribution in [2.24, 2.45) is 0 Å². The average molecular weight is 314 g/mol. The minimum Gasteiger partial charge on any atom is -0.308 e. The second kappa shape index (κ2) is 7.11. The van der Waals surface area contributed by atoms with Gasteiger partial charge in [0, 0.05) is 5.56 Å². The van der Waals surface area contributed by atoms with Crippen LogP contribution in [0.5, 0.6) is 0 Å². The molecule has 2 rings (SSSR count). The molecule has 3 nitrogen and oxygen atoms in total. The van der Waals surface area contributed by atoms with Gasteiger partial charge in [0.15, 0.2) is 0 Å². The van der Waals surface area contributed by atoms with Crippen LogP contribution in [-0.4, -0.2) is 16.7 Å². The summed E-state index contributed by atoms with van der Waals surface area (Å²) < 4.78 is 13.5. The van der Waals surface area contributed by atoms with Crippen LogP contribution in [0.1, 0.15) is 37.7 Å². The maximum Gasteiger partial charge on any atom is 0.149 e. The first-order valence-corrected chi connectivity index (χ1v) is 7.88. The molecule has 0 aliphatic heterocycles. The molecule has 1 aromatic carbocycles. The van der Waals surface area contributed by atoms with Gasteiger partial charge >= 0.3 is 0 Å². The fourth-order valence-corrected chi connectivity index (χ4v) is 3.18. The molecule has 0 aliphatic rings. The summed E-state index contributed by atoms with van der Waals surface area (Å²) in [6.45, 7) is 5.16. The van der Waals surface area contributed by atoms with Crippen LogP contribution in [0.3, 0.4) is 0 Å². The van der Waals surface area contributed by atoms with E-state index >= 15 is 0 Å². The third-order valence-corrected chi connectivity index (χ3v) is 4.42. The van der Waals surface area contributed by atoms with Crippen LogP contribution in [-0.2, 0) is 0 Å². The van der Waals surface area contributed by atoms with E-state index in [1.807, 2.05) is 0 Å². The van der Waals surface area contributed by atoms with Crippen LogP contribution in [0.25, 0.3) is 10.6 Å². The van der Waals surface area contributed by atoms with E-state index in [2.05, 4.69) is 29.4 Å². The van der Waals surface area contributed by atoms with Crippen LogP contribution in [0.15, 0.2) is 18.2 Å². The van der Waals surface area contributed by atoms with Crippen molar-refractivity contribution in [3.8, 4) is 10.6 Å². The van der Waals surface area contributed by atoms with E-state index in [9.17, 15) is 4.39 Å². The number of halogens is 2. The fraction of sp³-hybridized carbons (Fsp3) is 0.429. The van der Waals surface area contributed by atoms with Crippen LogP contribution < -0.4 is 5.32 Å². The summed E-state index contributed by atoms with van der Waals surface area (Å²) in [6, 6.07) is 4.92. The Labute approximate surface area is 127 Å². The predicted molar refractivity (Wildman–Crippen MR) is 81.6 cm³/mol. The maximum absolute atomic E-state index is 13.5. The highest BCUT2D eigenvalue weighted by Gasteiger charge is 2.17. The molecule has 0 saturated carbocycles. The first-order valence-electron chi connectivity index (χ1n) is 6.68. The van der Waals surface area contributed by atoms with Gasteiger partial charge in [-0.1, -0.05) is 48.9 Å². The third kappa shape index (κ3) is 3.34. The molecule has 0 radical (unpaired) electrons. The molecule has 20 heavy (non-hydrogen) atoms. The largest absolute Gasteiger partial charge is 0.308 e. The first-order chi connectivity index (χ1) is 9.67. The van der Waals surface area contributed by atoms with E-state index in [0.29, 0.717) is 10.6 Å². The molecule has 1 N–H and O–H groups in total. The van der Waals surface area contributed by atoms with Gasteiger partial charge < -0.3 is 5.32 Å². The van der Waals surface area contributed by atoms with Crippen molar-refractivity contribution in [3.63, 3.8) is 0 Å². The Bertz CT molecular complexity index is 573. The molecule has 1 atom stereocenters. The fourth-order valence-electron chi connectivity index (χ4n) is 1.88. The number of hydrogen-bond donors (Lipinski definition) is 1. The molecule has 1 unspecified atom stereocenters. The van der Waals surface area contributed by atoms with Crippen molar-refractivity contribution in [1.29, 1.82) is 0 Å². The van der Waals surface area contributed by atoms with E-state index in [0.717, 1.165) is 24.4 Å². The topological polar surface area (TPSA) is 37.8 Å².